The van der Waals surface area contributed by atoms with Gasteiger partial charge in [-0.05, 0) is 70.6 Å². The van der Waals surface area contributed by atoms with Crippen LogP contribution < -0.4 is 0 Å². The lowest BCUT2D eigenvalue weighted by molar-refractivity contribution is -0.301. The van der Waals surface area contributed by atoms with Gasteiger partial charge in [-0.25, -0.2) is 4.79 Å². The Morgan fingerprint density at radius 1 is 0.452 bits per heavy atom. The zero-order valence-electron chi connectivity index (χ0n) is 46.4. The summed E-state index contributed by atoms with van der Waals surface area (Å²) in [6.45, 7) is 5.86. The van der Waals surface area contributed by atoms with E-state index in [4.69, 9.17) is 23.7 Å². The average molecular weight is 1030 g/mol. The van der Waals surface area contributed by atoms with E-state index in [1.54, 1.807) is 0 Å². The van der Waals surface area contributed by atoms with Crippen LogP contribution in [0.25, 0.3) is 0 Å². The van der Waals surface area contributed by atoms with Gasteiger partial charge in [-0.1, -0.05) is 223 Å². The number of allylic oxidation sites excluding steroid dienone is 8. The Morgan fingerprint density at radius 2 is 0.849 bits per heavy atom. The average Bonchev–Trinajstić information content (AvgIpc) is 3.37. The highest BCUT2D eigenvalue weighted by Crippen LogP contribution is 2.26. The summed E-state index contributed by atoms with van der Waals surface area (Å²) in [6.07, 6.45) is 46.6. The predicted molar refractivity (Wildman–Crippen MR) is 294 cm³/mol. The molecule has 1 aliphatic rings. The van der Waals surface area contributed by atoms with Crippen LogP contribution >= 0.6 is 0 Å². The molecule has 0 aromatic heterocycles. The number of hydrogen-bond acceptors (Lipinski definition) is 11. The van der Waals surface area contributed by atoms with Crippen molar-refractivity contribution in [1.29, 1.82) is 0 Å². The highest BCUT2D eigenvalue weighted by molar-refractivity contribution is 5.74. The summed E-state index contributed by atoms with van der Waals surface area (Å²) < 4.78 is 28.4. The van der Waals surface area contributed by atoms with E-state index < -0.39 is 67.3 Å². The lowest BCUT2D eigenvalue weighted by Gasteiger charge is -2.40. The second-order valence-corrected chi connectivity index (χ2v) is 20.3. The Bertz CT molecular complexity index is 1460. The van der Waals surface area contributed by atoms with Crippen molar-refractivity contribution in [2.75, 3.05) is 13.2 Å². The number of carbonyl (C=O) groups is 4. The van der Waals surface area contributed by atoms with Gasteiger partial charge in [0.05, 0.1) is 6.61 Å². The van der Waals surface area contributed by atoms with Crippen molar-refractivity contribution in [1.82, 2.24) is 0 Å². The molecule has 6 unspecified atom stereocenters. The smallest absolute Gasteiger partial charge is 0.335 e. The van der Waals surface area contributed by atoms with Crippen LogP contribution in [0, 0.1) is 0 Å². The number of aliphatic hydroxyl groups is 2. The van der Waals surface area contributed by atoms with Crippen LogP contribution in [-0.2, 0) is 42.9 Å². The number of carbonyl (C=O) groups excluding carboxylic acids is 3. The van der Waals surface area contributed by atoms with Gasteiger partial charge in [0.2, 0.25) is 0 Å². The lowest BCUT2D eigenvalue weighted by atomic mass is 9.98. The number of ether oxygens (including phenoxy) is 5. The van der Waals surface area contributed by atoms with Gasteiger partial charge in [0.15, 0.2) is 24.6 Å². The van der Waals surface area contributed by atoms with Crippen molar-refractivity contribution in [3.63, 3.8) is 0 Å². The third-order valence-electron chi connectivity index (χ3n) is 13.3. The van der Waals surface area contributed by atoms with Crippen molar-refractivity contribution in [2.45, 2.75) is 302 Å². The summed E-state index contributed by atoms with van der Waals surface area (Å²) in [6, 6.07) is 0. The Kier molecular flexibility index (Phi) is 45.9. The quantitative estimate of drug-likeness (QED) is 0.0228. The molecule has 422 valence electrons. The molecule has 0 spiro atoms. The van der Waals surface area contributed by atoms with Crippen LogP contribution in [0.5, 0.6) is 0 Å². The molecule has 0 aromatic rings. The predicted octanol–water partition coefficient (Wildman–Crippen LogP) is 15.0. The highest BCUT2D eigenvalue weighted by atomic mass is 16.7. The minimum Gasteiger partial charge on any atom is -0.479 e. The maximum Gasteiger partial charge on any atom is 0.335 e. The molecule has 1 saturated heterocycles. The Hall–Kier alpha value is -3.32. The molecule has 0 aliphatic carbocycles. The van der Waals surface area contributed by atoms with E-state index in [9.17, 15) is 34.5 Å². The maximum absolute atomic E-state index is 13.1. The van der Waals surface area contributed by atoms with E-state index in [-0.39, 0.29) is 25.9 Å². The molecule has 73 heavy (non-hydrogen) atoms. The second-order valence-electron chi connectivity index (χ2n) is 20.3. The summed E-state index contributed by atoms with van der Waals surface area (Å²) in [7, 11) is 0. The van der Waals surface area contributed by atoms with E-state index in [1.165, 1.54) is 83.5 Å². The monoisotopic (exact) mass is 1030 g/mol. The molecule has 0 bridgehead atoms. The van der Waals surface area contributed by atoms with Gasteiger partial charge in [0.25, 0.3) is 0 Å². The molecule has 1 heterocycles. The topological polar surface area (TPSA) is 175 Å². The number of aliphatic carboxylic acids is 1. The number of carboxylic acids is 1. The first kappa shape index (κ1) is 67.7. The van der Waals surface area contributed by atoms with Crippen LogP contribution in [0.2, 0.25) is 0 Å². The van der Waals surface area contributed by atoms with Crippen LogP contribution in [-0.4, -0.2) is 89.2 Å². The van der Waals surface area contributed by atoms with Gasteiger partial charge >= 0.3 is 23.9 Å². The number of esters is 3. The number of hydrogen-bond donors (Lipinski definition) is 3. The van der Waals surface area contributed by atoms with Crippen molar-refractivity contribution < 1.29 is 58.2 Å². The molecular weight excluding hydrogens is 925 g/mol. The fraction of sp³-hybridized carbons (Fsp3) is 0.803. The summed E-state index contributed by atoms with van der Waals surface area (Å²) in [5, 5.41) is 31.4. The Labute approximate surface area is 443 Å². The van der Waals surface area contributed by atoms with Gasteiger partial charge < -0.3 is 39.0 Å². The molecule has 0 saturated carbocycles. The first-order chi connectivity index (χ1) is 35.6. The maximum atomic E-state index is 13.1. The van der Waals surface area contributed by atoms with Crippen molar-refractivity contribution >= 4 is 23.9 Å². The van der Waals surface area contributed by atoms with E-state index >= 15 is 0 Å². The van der Waals surface area contributed by atoms with E-state index in [0.29, 0.717) is 19.3 Å². The molecule has 6 atom stereocenters. The van der Waals surface area contributed by atoms with Crippen LogP contribution in [0.1, 0.15) is 265 Å². The van der Waals surface area contributed by atoms with Gasteiger partial charge in [-0.15, -0.1) is 0 Å². The first-order valence-electron chi connectivity index (χ1n) is 29.6. The number of unbranched alkanes of at least 4 members (excludes halogenated alkanes) is 28. The van der Waals surface area contributed by atoms with Gasteiger partial charge in [0.1, 0.15) is 18.8 Å². The molecule has 12 heteroatoms. The van der Waals surface area contributed by atoms with Crippen molar-refractivity contribution in [3.8, 4) is 0 Å². The molecule has 3 N–H and O–H groups in total. The summed E-state index contributed by atoms with van der Waals surface area (Å²) in [5.41, 5.74) is 0. The second kappa shape index (κ2) is 49.6. The molecule has 1 fully saturated rings. The molecule has 0 amide bonds. The van der Waals surface area contributed by atoms with Crippen molar-refractivity contribution in [3.05, 3.63) is 48.6 Å². The summed E-state index contributed by atoms with van der Waals surface area (Å²) in [5.74, 6) is -3.14. The fourth-order valence-electron chi connectivity index (χ4n) is 8.80. The van der Waals surface area contributed by atoms with Gasteiger partial charge in [-0.2, -0.15) is 0 Å². The molecular formula is C61H106O12. The Morgan fingerprint density at radius 3 is 1.29 bits per heavy atom. The summed E-state index contributed by atoms with van der Waals surface area (Å²) in [4.78, 5) is 51.1. The lowest BCUT2D eigenvalue weighted by Crippen LogP contribution is -2.61. The number of rotatable bonds is 50. The number of aliphatic hydroxyl groups excluding tert-OH is 2. The SMILES string of the molecule is CCC/C=C\C/C=C\CCCCCCCC(=O)OC(COC(=O)CCCCCCCCCCCCCCCCCCC)COC1OC(C(=O)O)C(O)C(O)C1OC(=O)CCCCCCC/C=C\C/C=C\CCC. The molecule has 12 nitrogen and oxygen atoms in total. The van der Waals surface area contributed by atoms with Crippen LogP contribution in [0.3, 0.4) is 0 Å². The molecule has 1 aliphatic heterocycles. The largest absolute Gasteiger partial charge is 0.479 e. The zero-order valence-corrected chi connectivity index (χ0v) is 46.4. The van der Waals surface area contributed by atoms with Crippen LogP contribution in [0.15, 0.2) is 48.6 Å². The third-order valence-corrected chi connectivity index (χ3v) is 13.3. The third kappa shape index (κ3) is 39.7. The zero-order chi connectivity index (χ0) is 53.3. The highest BCUT2D eigenvalue weighted by Gasteiger charge is 2.50. The van der Waals surface area contributed by atoms with E-state index in [1.807, 2.05) is 0 Å². The Balaban J connectivity index is 2.68. The minimum atomic E-state index is -1.91. The summed E-state index contributed by atoms with van der Waals surface area (Å²) >= 11 is 0. The van der Waals surface area contributed by atoms with Gasteiger partial charge in [0, 0.05) is 19.3 Å². The standard InChI is InChI=1S/C61H106O12/c1-4-7-10-13-16-19-22-25-26-27-28-31-32-35-38-41-44-47-53(62)69-50-52(71-54(63)48-45-42-39-36-33-29-23-20-17-14-11-8-5-2)51-70-61-59(57(66)56(65)58(73-61)60(67)68)72-55(64)49-46-43-40-37-34-30-24-21-18-15-12-9-6-3/h11-12,14-15,20-21,23-24,52,56-59,61,65-66H,4-10,13,16-19,22,25-51H2,1-3H3,(H,67,68)/b14-11-,15-12-,23-20-,24-21-. The first-order valence-corrected chi connectivity index (χ1v) is 29.6. The normalized spacial score (nSPS) is 18.6. The molecule has 0 aromatic carbocycles. The number of carboxylic acid groups (broad SMARTS) is 1. The molecule has 0 radical (unpaired) electrons. The van der Waals surface area contributed by atoms with E-state index in [0.717, 1.165) is 122 Å². The van der Waals surface area contributed by atoms with Gasteiger partial charge in [-0.3, -0.25) is 14.4 Å². The van der Waals surface area contributed by atoms with Crippen molar-refractivity contribution in [2.24, 2.45) is 0 Å². The molecule has 1 rings (SSSR count). The van der Waals surface area contributed by atoms with E-state index in [2.05, 4.69) is 69.4 Å². The van der Waals surface area contributed by atoms with Crippen LogP contribution in [0.4, 0.5) is 0 Å². The fourth-order valence-corrected chi connectivity index (χ4v) is 8.80. The minimum absolute atomic E-state index is 0.0437.